The molecule has 3 nitrogen and oxygen atoms in total. The van der Waals surface area contributed by atoms with Crippen molar-refractivity contribution in [3.05, 3.63) is 16.5 Å². The molecule has 0 radical (unpaired) electrons. The Kier molecular flexibility index (Phi) is 2.96. The van der Waals surface area contributed by atoms with Crippen LogP contribution in [0.5, 0.6) is 0 Å². The molecule has 0 amide bonds. The minimum Gasteiger partial charge on any atom is -0.356 e. The normalized spacial score (nSPS) is 26.0. The zero-order valence-corrected chi connectivity index (χ0v) is 11.0. The van der Waals surface area contributed by atoms with Gasteiger partial charge >= 0.3 is 0 Å². The zero-order valence-electron chi connectivity index (χ0n) is 9.37. The molecule has 1 fully saturated rings. The Labute approximate surface area is 99.0 Å². The highest BCUT2D eigenvalue weighted by atomic mass is 79.9. The summed E-state index contributed by atoms with van der Waals surface area (Å²) < 4.78 is 0.872. The fourth-order valence-corrected chi connectivity index (χ4v) is 2.46. The van der Waals surface area contributed by atoms with Gasteiger partial charge in [0, 0.05) is 19.2 Å². The van der Waals surface area contributed by atoms with E-state index >= 15 is 0 Å². The summed E-state index contributed by atoms with van der Waals surface area (Å²) in [5.41, 5.74) is 0. The molecule has 0 N–H and O–H groups in total. The second-order valence-electron chi connectivity index (χ2n) is 4.46. The van der Waals surface area contributed by atoms with Crippen LogP contribution in [-0.4, -0.2) is 23.1 Å². The van der Waals surface area contributed by atoms with Crippen molar-refractivity contribution in [2.24, 2.45) is 11.8 Å². The maximum atomic E-state index is 4.47. The van der Waals surface area contributed by atoms with Crippen LogP contribution < -0.4 is 4.90 Å². The van der Waals surface area contributed by atoms with Crippen molar-refractivity contribution in [3.8, 4) is 0 Å². The first-order valence-electron chi connectivity index (χ1n) is 5.32. The number of aromatic nitrogens is 2. The van der Waals surface area contributed by atoms with Crippen LogP contribution in [-0.2, 0) is 0 Å². The highest BCUT2D eigenvalue weighted by Crippen LogP contribution is 2.27. The van der Waals surface area contributed by atoms with E-state index in [4.69, 9.17) is 0 Å². The molecule has 2 unspecified atom stereocenters. The van der Waals surface area contributed by atoms with Gasteiger partial charge in [-0.3, -0.25) is 0 Å². The Hall–Kier alpha value is -0.640. The summed E-state index contributed by atoms with van der Waals surface area (Å²) in [6.07, 6.45) is 0. The molecule has 2 rings (SSSR count). The number of halogens is 1. The average molecular weight is 270 g/mol. The quantitative estimate of drug-likeness (QED) is 0.734. The van der Waals surface area contributed by atoms with Crippen molar-refractivity contribution in [1.82, 2.24) is 9.97 Å². The second-order valence-corrected chi connectivity index (χ2v) is 5.27. The maximum absolute atomic E-state index is 4.47. The van der Waals surface area contributed by atoms with Gasteiger partial charge in [-0.15, -0.1) is 0 Å². The van der Waals surface area contributed by atoms with E-state index in [-0.39, 0.29) is 0 Å². The molecule has 0 bridgehead atoms. The Balaban J connectivity index is 2.23. The van der Waals surface area contributed by atoms with Gasteiger partial charge in [-0.2, -0.15) is 0 Å². The molecule has 1 aliphatic heterocycles. The van der Waals surface area contributed by atoms with E-state index in [1.165, 1.54) is 0 Å². The minimum absolute atomic E-state index is 0.749. The molecule has 2 atom stereocenters. The van der Waals surface area contributed by atoms with Gasteiger partial charge < -0.3 is 4.90 Å². The number of hydrogen-bond acceptors (Lipinski definition) is 3. The van der Waals surface area contributed by atoms with Gasteiger partial charge in [-0.05, 0) is 34.7 Å². The SMILES string of the molecule is Cc1nc(Br)cc(N2CC(C)C(C)C2)n1. The topological polar surface area (TPSA) is 29.0 Å². The first-order chi connectivity index (χ1) is 7.06. The van der Waals surface area contributed by atoms with Gasteiger partial charge in [0.05, 0.1) is 0 Å². The predicted octanol–water partition coefficient (Wildman–Crippen LogP) is 2.64. The van der Waals surface area contributed by atoms with Crippen molar-refractivity contribution < 1.29 is 0 Å². The second kappa shape index (κ2) is 4.08. The van der Waals surface area contributed by atoms with E-state index in [9.17, 15) is 0 Å². The number of rotatable bonds is 1. The van der Waals surface area contributed by atoms with Crippen molar-refractivity contribution in [1.29, 1.82) is 0 Å². The minimum atomic E-state index is 0.749. The van der Waals surface area contributed by atoms with Crippen LogP contribution in [0.15, 0.2) is 10.7 Å². The summed E-state index contributed by atoms with van der Waals surface area (Å²) in [5, 5.41) is 0. The van der Waals surface area contributed by atoms with Crippen LogP contribution in [0.1, 0.15) is 19.7 Å². The van der Waals surface area contributed by atoms with E-state index in [2.05, 4.69) is 44.6 Å². The van der Waals surface area contributed by atoms with Gasteiger partial charge in [-0.1, -0.05) is 13.8 Å². The summed E-state index contributed by atoms with van der Waals surface area (Å²) in [4.78, 5) is 11.0. The van der Waals surface area contributed by atoms with Crippen LogP contribution in [0.4, 0.5) is 5.82 Å². The molecule has 0 aliphatic carbocycles. The first kappa shape index (κ1) is 10.9. The molecule has 1 aromatic heterocycles. The van der Waals surface area contributed by atoms with E-state index in [0.29, 0.717) is 0 Å². The fourth-order valence-electron chi connectivity index (χ4n) is 2.00. The predicted molar refractivity (Wildman–Crippen MR) is 65.0 cm³/mol. The third-order valence-electron chi connectivity index (χ3n) is 3.11. The monoisotopic (exact) mass is 269 g/mol. The standard InChI is InChI=1S/C11H16BrN3/c1-7-5-15(6-8(7)2)11-4-10(12)13-9(3)14-11/h4,7-8H,5-6H2,1-3H3. The average Bonchev–Trinajstić information content (AvgIpc) is 2.45. The number of hydrogen-bond donors (Lipinski definition) is 0. The van der Waals surface area contributed by atoms with Gasteiger partial charge in [0.1, 0.15) is 16.2 Å². The molecule has 2 heterocycles. The van der Waals surface area contributed by atoms with Crippen LogP contribution in [0, 0.1) is 18.8 Å². The molecule has 15 heavy (non-hydrogen) atoms. The zero-order chi connectivity index (χ0) is 11.0. The Bertz CT molecular complexity index is 337. The lowest BCUT2D eigenvalue weighted by Crippen LogP contribution is -2.21. The Morgan fingerprint density at radius 3 is 2.40 bits per heavy atom. The van der Waals surface area contributed by atoms with Crippen molar-refractivity contribution in [2.75, 3.05) is 18.0 Å². The first-order valence-corrected chi connectivity index (χ1v) is 6.11. The number of anilines is 1. The smallest absolute Gasteiger partial charge is 0.133 e. The van der Waals surface area contributed by atoms with Gasteiger partial charge in [-0.25, -0.2) is 9.97 Å². The van der Waals surface area contributed by atoms with Crippen LogP contribution in [0.2, 0.25) is 0 Å². The lowest BCUT2D eigenvalue weighted by atomic mass is 10.0. The summed E-state index contributed by atoms with van der Waals surface area (Å²) in [5.74, 6) is 3.37. The van der Waals surface area contributed by atoms with Crippen LogP contribution >= 0.6 is 15.9 Å². The molecule has 82 valence electrons. The Morgan fingerprint density at radius 1 is 1.27 bits per heavy atom. The summed E-state index contributed by atoms with van der Waals surface area (Å²) in [6.45, 7) is 8.73. The van der Waals surface area contributed by atoms with Crippen molar-refractivity contribution in [2.45, 2.75) is 20.8 Å². The van der Waals surface area contributed by atoms with Crippen molar-refractivity contribution in [3.63, 3.8) is 0 Å². The van der Waals surface area contributed by atoms with Crippen LogP contribution in [0.25, 0.3) is 0 Å². The number of aryl methyl sites for hydroxylation is 1. The lowest BCUT2D eigenvalue weighted by molar-refractivity contribution is 0.494. The summed E-state index contributed by atoms with van der Waals surface area (Å²) in [6, 6.07) is 2.00. The maximum Gasteiger partial charge on any atom is 0.133 e. The van der Waals surface area contributed by atoms with Crippen molar-refractivity contribution >= 4 is 21.7 Å². The Morgan fingerprint density at radius 2 is 1.87 bits per heavy atom. The van der Waals surface area contributed by atoms with Crippen LogP contribution in [0.3, 0.4) is 0 Å². The lowest BCUT2D eigenvalue weighted by Gasteiger charge is -2.17. The molecule has 0 aromatic carbocycles. The molecular formula is C11H16BrN3. The third-order valence-corrected chi connectivity index (χ3v) is 3.51. The third kappa shape index (κ3) is 2.30. The van der Waals surface area contributed by atoms with E-state index in [1.807, 2.05) is 13.0 Å². The highest BCUT2D eigenvalue weighted by Gasteiger charge is 2.27. The van der Waals surface area contributed by atoms with E-state index in [1.54, 1.807) is 0 Å². The van der Waals surface area contributed by atoms with Gasteiger partial charge in [0.25, 0.3) is 0 Å². The molecule has 1 aliphatic rings. The summed E-state index contributed by atoms with van der Waals surface area (Å²) >= 11 is 3.41. The highest BCUT2D eigenvalue weighted by molar-refractivity contribution is 9.10. The van der Waals surface area contributed by atoms with E-state index < -0.39 is 0 Å². The largest absolute Gasteiger partial charge is 0.356 e. The molecule has 4 heteroatoms. The van der Waals surface area contributed by atoms with E-state index in [0.717, 1.165) is 41.2 Å². The van der Waals surface area contributed by atoms with Gasteiger partial charge in [0.2, 0.25) is 0 Å². The fraction of sp³-hybridized carbons (Fsp3) is 0.636. The molecule has 0 spiro atoms. The summed E-state index contributed by atoms with van der Waals surface area (Å²) in [7, 11) is 0. The molecule has 0 saturated carbocycles. The number of nitrogens with zero attached hydrogens (tertiary/aromatic N) is 3. The molecular weight excluding hydrogens is 254 g/mol. The molecule has 1 saturated heterocycles. The van der Waals surface area contributed by atoms with Gasteiger partial charge in [0.15, 0.2) is 0 Å². The molecule has 1 aromatic rings.